The van der Waals surface area contributed by atoms with Crippen LogP contribution >= 0.6 is 16.1 Å². The van der Waals surface area contributed by atoms with E-state index in [0.717, 1.165) is 148 Å². The van der Waals surface area contributed by atoms with E-state index in [-0.39, 0.29) is 25.7 Å². The van der Waals surface area contributed by atoms with Gasteiger partial charge in [0.05, 0.1) is 76.0 Å². The van der Waals surface area contributed by atoms with E-state index in [2.05, 4.69) is 38.3 Å². The smallest absolute Gasteiger partial charge is 0.457 e. The van der Waals surface area contributed by atoms with Gasteiger partial charge in [0.2, 0.25) is 11.8 Å². The van der Waals surface area contributed by atoms with Crippen LogP contribution in [0.5, 0.6) is 0 Å². The highest BCUT2D eigenvalue weighted by Crippen LogP contribution is 2.42. The van der Waals surface area contributed by atoms with Crippen LogP contribution in [0.15, 0.2) is 0 Å². The molecule has 0 bridgehead atoms. The normalized spacial score (nSPS) is 19.6. The van der Waals surface area contributed by atoms with Crippen LogP contribution in [0, 0.1) is 0 Å². The molecule has 1 heterocycles. The third-order valence-corrected chi connectivity index (χ3v) is 18.7. The number of phosphoric acid groups is 1. The molecule has 568 valence electrons. The quantitative estimate of drug-likeness (QED) is 0.0117. The third-order valence-electron chi connectivity index (χ3n) is 17.8. The molecular weight excluding hydrogens is 1280 g/mol. The second kappa shape index (κ2) is 59.3. The van der Waals surface area contributed by atoms with Crippen molar-refractivity contribution in [3.8, 4) is 0 Å². The molecule has 0 radical (unpaired) electrons. The van der Waals surface area contributed by atoms with Gasteiger partial charge in [-0.25, -0.2) is 4.57 Å². The molecule has 24 nitrogen and oxygen atoms in total. The number of ether oxygens (including phenoxy) is 6. The Kier molecular flexibility index (Phi) is 56.7. The van der Waals surface area contributed by atoms with Crippen LogP contribution in [0.2, 0.25) is 0 Å². The Balaban J connectivity index is 3.63. The number of amides is 2. The number of hydrogen-bond donors (Lipinski definition) is 10. The van der Waals surface area contributed by atoms with Gasteiger partial charge in [-0.2, -0.15) is 0 Å². The van der Waals surface area contributed by atoms with Gasteiger partial charge in [-0.15, -0.1) is 0 Å². The molecule has 10 N–H and O–H groups in total. The van der Waals surface area contributed by atoms with E-state index in [0.29, 0.717) is 25.7 Å². The highest BCUT2D eigenvalue weighted by atomic mass is 31.2. The standard InChI is InChI=1S/C70H136N2O22P2/c1-7-11-15-19-23-27-31-35-39-43-55(75)47-61(78)71-65(59(51-73)90-63(80)49-57(77)45-41-37-33-29-25-21-17-13-9-3)70(93-95(82)83)89-54(5)53-88-69-66(72-62(79)48-56(76)44-40-36-32-28-24-20-16-12-8-2)68(67(60(52-74)91-69)94-96(84,85)86)92-64(81)50-58(87-6)46-42-38-34-30-26-22-18-14-10-4/h54-60,65-70,73-77,95H,7-53H2,1-6H3,(H,71,78)(H,72,79)(H,82,83)(H2,84,85,86). The Morgan fingerprint density at radius 2 is 0.958 bits per heavy atom. The van der Waals surface area contributed by atoms with Crippen molar-refractivity contribution in [3.05, 3.63) is 0 Å². The first-order chi connectivity index (χ1) is 46.1. The average molecular weight is 1420 g/mol. The van der Waals surface area contributed by atoms with Crippen molar-refractivity contribution in [3.63, 3.8) is 0 Å². The second-order valence-electron chi connectivity index (χ2n) is 26.8. The summed E-state index contributed by atoms with van der Waals surface area (Å²) in [5.41, 5.74) is 0. The largest absolute Gasteiger partial charge is 0.470 e. The minimum atomic E-state index is -5.49. The van der Waals surface area contributed by atoms with E-state index in [4.69, 9.17) is 37.5 Å². The number of hydrogen-bond acceptors (Lipinski definition) is 19. The van der Waals surface area contributed by atoms with Crippen molar-refractivity contribution in [2.24, 2.45) is 0 Å². The summed E-state index contributed by atoms with van der Waals surface area (Å²) in [7, 11) is -8.05. The van der Waals surface area contributed by atoms with Crippen LogP contribution in [0.25, 0.3) is 0 Å². The number of esters is 2. The topological polar surface area (TPSA) is 362 Å². The highest BCUT2D eigenvalue weighted by Gasteiger charge is 2.52. The van der Waals surface area contributed by atoms with Gasteiger partial charge in [-0.1, -0.05) is 259 Å². The van der Waals surface area contributed by atoms with Crippen molar-refractivity contribution in [1.82, 2.24) is 10.6 Å². The number of nitrogens with one attached hydrogen (secondary N) is 2. The number of aliphatic hydroxyl groups is 5. The van der Waals surface area contributed by atoms with Crippen LogP contribution in [0.4, 0.5) is 0 Å². The summed E-state index contributed by atoms with van der Waals surface area (Å²) in [4.78, 5) is 86.3. The molecule has 0 saturated carbocycles. The molecule has 14 unspecified atom stereocenters. The summed E-state index contributed by atoms with van der Waals surface area (Å²) in [6.45, 7) is 7.45. The zero-order valence-corrected chi connectivity index (χ0v) is 61.9. The highest BCUT2D eigenvalue weighted by molar-refractivity contribution is 7.46. The number of methoxy groups -OCH3 is 1. The molecule has 14 atom stereocenters. The summed E-state index contributed by atoms with van der Waals surface area (Å²) < 4.78 is 71.8. The molecule has 2 amide bonds. The zero-order valence-electron chi connectivity index (χ0n) is 60.0. The van der Waals surface area contributed by atoms with Gasteiger partial charge in [0.25, 0.3) is 0 Å². The van der Waals surface area contributed by atoms with E-state index >= 15 is 0 Å². The lowest BCUT2D eigenvalue weighted by Gasteiger charge is -2.45. The van der Waals surface area contributed by atoms with Gasteiger partial charge in [-0.05, 0) is 32.6 Å². The predicted octanol–water partition coefficient (Wildman–Crippen LogP) is 12.5. The van der Waals surface area contributed by atoms with Crippen LogP contribution in [-0.2, 0) is 65.8 Å². The van der Waals surface area contributed by atoms with Gasteiger partial charge in [0, 0.05) is 7.11 Å². The first-order valence-corrected chi connectivity index (χ1v) is 40.3. The van der Waals surface area contributed by atoms with Gasteiger partial charge in [0.15, 0.2) is 18.7 Å². The van der Waals surface area contributed by atoms with E-state index in [9.17, 15) is 68.5 Å². The van der Waals surface area contributed by atoms with Crippen LogP contribution < -0.4 is 10.6 Å². The Hall–Kier alpha value is -2.22. The molecule has 26 heteroatoms. The molecule has 1 aliphatic heterocycles. The molecule has 1 rings (SSSR count). The number of rotatable bonds is 66. The summed E-state index contributed by atoms with van der Waals surface area (Å²) in [6.07, 6.45) is 20.8. The molecule has 96 heavy (non-hydrogen) atoms. The van der Waals surface area contributed by atoms with E-state index < -0.39 is 159 Å². The Morgan fingerprint density at radius 3 is 1.35 bits per heavy atom. The Bertz CT molecular complexity index is 2000. The molecule has 0 aromatic carbocycles. The second-order valence-corrected chi connectivity index (χ2v) is 28.7. The molecular formula is C70H136N2O22P2. The monoisotopic (exact) mass is 1420 g/mol. The maximum absolute atomic E-state index is 14.1. The fourth-order valence-electron chi connectivity index (χ4n) is 12.2. The van der Waals surface area contributed by atoms with Crippen LogP contribution in [0.3, 0.4) is 0 Å². The Labute approximate surface area is 577 Å². The number of carbonyl (C=O) groups is 4. The van der Waals surface area contributed by atoms with Gasteiger partial charge in [0.1, 0.15) is 30.4 Å². The van der Waals surface area contributed by atoms with Gasteiger partial charge in [-0.3, -0.25) is 32.8 Å². The van der Waals surface area contributed by atoms with E-state index in [1.165, 1.54) is 78.2 Å². The summed E-state index contributed by atoms with van der Waals surface area (Å²) in [6, 6.07) is -3.44. The van der Waals surface area contributed by atoms with Gasteiger partial charge >= 0.3 is 28.0 Å². The van der Waals surface area contributed by atoms with E-state index in [1.54, 1.807) is 0 Å². The van der Waals surface area contributed by atoms with Crippen molar-refractivity contribution in [2.45, 2.75) is 397 Å². The molecule has 0 spiro atoms. The lowest BCUT2D eigenvalue weighted by atomic mass is 9.96. The number of unbranched alkanes of at least 4 members (excludes halogenated alkanes) is 32. The first-order valence-electron chi connectivity index (χ1n) is 37.5. The Morgan fingerprint density at radius 1 is 0.552 bits per heavy atom. The number of carbonyl (C=O) groups excluding carboxylic acids is 4. The maximum Gasteiger partial charge on any atom is 0.470 e. The molecule has 1 saturated heterocycles. The summed E-state index contributed by atoms with van der Waals surface area (Å²) in [5, 5.41) is 59.9. The fraction of sp³-hybridized carbons (Fsp3) is 0.943. The lowest BCUT2D eigenvalue weighted by molar-refractivity contribution is -0.279. The molecule has 1 fully saturated rings. The molecule has 0 aliphatic carbocycles. The van der Waals surface area contributed by atoms with Crippen molar-refractivity contribution >= 4 is 39.8 Å². The number of aliphatic hydroxyl groups excluding tert-OH is 5. The minimum absolute atomic E-state index is 0.272. The maximum atomic E-state index is 14.1. The van der Waals surface area contributed by atoms with Crippen molar-refractivity contribution in [2.75, 3.05) is 26.9 Å². The fourth-order valence-corrected chi connectivity index (χ4v) is 13.2. The zero-order chi connectivity index (χ0) is 71.2. The van der Waals surface area contributed by atoms with Crippen molar-refractivity contribution in [1.29, 1.82) is 0 Å². The number of phosphoric ester groups is 1. The molecule has 1 aliphatic rings. The van der Waals surface area contributed by atoms with Crippen molar-refractivity contribution < 1.29 is 106 Å². The minimum Gasteiger partial charge on any atom is -0.457 e. The molecule has 0 aromatic heterocycles. The SMILES string of the molecule is CCCCCCCCCCCC(O)CC(=O)NC(C(CO)OC(=O)CC(O)CCCCCCCCCCC)C(OC(C)COC1OC(CO)C(OP(=O)(O)O)C(OC(=O)CC(CCCCCCCCCCC)OC)C1NC(=O)CC(O)CCCCCCCCCCC)O[PH](=O)O. The predicted molar refractivity (Wildman–Crippen MR) is 371 cm³/mol. The van der Waals surface area contributed by atoms with E-state index in [1.807, 2.05) is 0 Å². The van der Waals surface area contributed by atoms with Crippen LogP contribution in [-0.4, -0.2) is 170 Å². The summed E-state index contributed by atoms with van der Waals surface area (Å²) >= 11 is 0. The summed E-state index contributed by atoms with van der Waals surface area (Å²) in [5.74, 6) is -3.52. The average Bonchev–Trinajstić information content (AvgIpc) is 0.786. The van der Waals surface area contributed by atoms with Gasteiger partial charge < -0.3 is 79.3 Å². The van der Waals surface area contributed by atoms with Crippen LogP contribution in [0.1, 0.15) is 317 Å². The lowest BCUT2D eigenvalue weighted by Crippen LogP contribution is -2.66. The molecule has 0 aromatic rings. The first kappa shape index (κ1) is 91.8. The third kappa shape index (κ3) is 47.8.